The van der Waals surface area contributed by atoms with Crippen LogP contribution in [0, 0.1) is 0 Å². The molecule has 0 radical (unpaired) electrons. The van der Waals surface area contributed by atoms with Crippen molar-refractivity contribution in [3.05, 3.63) is 18.2 Å². The molecule has 1 aliphatic rings. The van der Waals surface area contributed by atoms with Gasteiger partial charge in [-0.15, -0.1) is 0 Å². The summed E-state index contributed by atoms with van der Waals surface area (Å²) in [5.74, 6) is 0. The molecule has 0 spiro atoms. The largest absolute Gasteiger partial charge is 0.337 e. The lowest BCUT2D eigenvalue weighted by molar-refractivity contribution is 0.584. The Hall–Kier alpha value is -0.830. The zero-order valence-electron chi connectivity index (χ0n) is 7.45. The van der Waals surface area contributed by atoms with Gasteiger partial charge < -0.3 is 10.3 Å². The third-order valence-electron chi connectivity index (χ3n) is 2.84. The molecule has 0 aromatic carbocycles. The lowest BCUT2D eigenvalue weighted by Crippen LogP contribution is -2.16. The summed E-state index contributed by atoms with van der Waals surface area (Å²) >= 11 is 0. The van der Waals surface area contributed by atoms with Crippen LogP contribution in [-0.4, -0.2) is 16.1 Å². The Morgan fingerprint density at radius 1 is 1.67 bits per heavy atom. The SMILES string of the molecule is Cn1cncc1C1(CCN)CC1. The first-order valence-corrected chi connectivity index (χ1v) is 4.45. The van der Waals surface area contributed by atoms with Gasteiger partial charge in [-0.2, -0.15) is 0 Å². The molecular formula is C9H15N3. The molecule has 0 aliphatic heterocycles. The molecule has 12 heavy (non-hydrogen) atoms. The second-order valence-corrected chi connectivity index (χ2v) is 3.71. The monoisotopic (exact) mass is 165 g/mol. The average Bonchev–Trinajstić information content (AvgIpc) is 2.68. The summed E-state index contributed by atoms with van der Waals surface area (Å²) in [6.45, 7) is 0.783. The predicted octanol–water partition coefficient (Wildman–Crippen LogP) is 0.800. The first kappa shape index (κ1) is 7.80. The van der Waals surface area contributed by atoms with Gasteiger partial charge in [-0.25, -0.2) is 4.98 Å². The van der Waals surface area contributed by atoms with Crippen molar-refractivity contribution < 1.29 is 0 Å². The summed E-state index contributed by atoms with van der Waals surface area (Å²) in [7, 11) is 2.05. The lowest BCUT2D eigenvalue weighted by Gasteiger charge is -2.13. The second kappa shape index (κ2) is 2.59. The van der Waals surface area contributed by atoms with E-state index in [2.05, 4.69) is 16.6 Å². The Bertz CT molecular complexity index is 273. The predicted molar refractivity (Wildman–Crippen MR) is 47.8 cm³/mol. The minimum atomic E-state index is 0.389. The molecule has 2 rings (SSSR count). The summed E-state index contributed by atoms with van der Waals surface area (Å²) < 4.78 is 2.11. The number of aromatic nitrogens is 2. The maximum Gasteiger partial charge on any atom is 0.0945 e. The van der Waals surface area contributed by atoms with E-state index in [0.717, 1.165) is 13.0 Å². The van der Waals surface area contributed by atoms with E-state index in [9.17, 15) is 0 Å². The number of nitrogens with zero attached hydrogens (tertiary/aromatic N) is 2. The minimum Gasteiger partial charge on any atom is -0.337 e. The number of hydrogen-bond donors (Lipinski definition) is 1. The zero-order valence-corrected chi connectivity index (χ0v) is 7.45. The highest BCUT2D eigenvalue weighted by molar-refractivity contribution is 5.23. The maximum absolute atomic E-state index is 5.58. The van der Waals surface area contributed by atoms with E-state index in [1.807, 2.05) is 12.5 Å². The summed E-state index contributed by atoms with van der Waals surface area (Å²) in [4.78, 5) is 4.13. The van der Waals surface area contributed by atoms with Crippen LogP contribution in [0.25, 0.3) is 0 Å². The normalized spacial score (nSPS) is 19.5. The highest BCUT2D eigenvalue weighted by Gasteiger charge is 2.45. The van der Waals surface area contributed by atoms with Crippen molar-refractivity contribution in [2.75, 3.05) is 6.54 Å². The standard InChI is InChI=1S/C9H15N3/c1-12-7-11-6-8(12)9(2-3-9)4-5-10/h6-7H,2-5,10H2,1H3. The molecule has 1 saturated carbocycles. The van der Waals surface area contributed by atoms with E-state index in [4.69, 9.17) is 5.73 Å². The van der Waals surface area contributed by atoms with Gasteiger partial charge in [0.15, 0.2) is 0 Å². The quantitative estimate of drug-likeness (QED) is 0.720. The number of rotatable bonds is 3. The molecule has 1 heterocycles. The molecule has 2 N–H and O–H groups in total. The van der Waals surface area contributed by atoms with Crippen LogP contribution in [0.3, 0.4) is 0 Å². The number of imidazole rings is 1. The molecule has 3 nitrogen and oxygen atoms in total. The molecule has 0 amide bonds. The molecule has 1 fully saturated rings. The van der Waals surface area contributed by atoms with Crippen LogP contribution in [0.5, 0.6) is 0 Å². The Labute approximate surface area is 72.6 Å². The number of hydrogen-bond acceptors (Lipinski definition) is 2. The van der Waals surface area contributed by atoms with Crippen molar-refractivity contribution in [1.29, 1.82) is 0 Å². The first-order valence-electron chi connectivity index (χ1n) is 4.45. The Kier molecular flexibility index (Phi) is 1.68. The highest BCUT2D eigenvalue weighted by Crippen LogP contribution is 2.50. The van der Waals surface area contributed by atoms with E-state index >= 15 is 0 Å². The molecule has 3 heteroatoms. The van der Waals surface area contributed by atoms with Gasteiger partial charge in [-0.05, 0) is 25.8 Å². The van der Waals surface area contributed by atoms with Crippen molar-refractivity contribution in [3.8, 4) is 0 Å². The van der Waals surface area contributed by atoms with Gasteiger partial charge in [0.2, 0.25) is 0 Å². The van der Waals surface area contributed by atoms with Crippen LogP contribution < -0.4 is 5.73 Å². The molecule has 66 valence electrons. The smallest absolute Gasteiger partial charge is 0.0945 e. The topological polar surface area (TPSA) is 43.8 Å². The van der Waals surface area contributed by atoms with Gasteiger partial charge in [-0.3, -0.25) is 0 Å². The van der Waals surface area contributed by atoms with Crippen LogP contribution in [0.2, 0.25) is 0 Å². The fourth-order valence-electron chi connectivity index (χ4n) is 1.93. The van der Waals surface area contributed by atoms with Gasteiger partial charge in [-0.1, -0.05) is 0 Å². The first-order chi connectivity index (χ1) is 5.78. The van der Waals surface area contributed by atoms with Crippen LogP contribution in [0.4, 0.5) is 0 Å². The number of aryl methyl sites for hydroxylation is 1. The Morgan fingerprint density at radius 3 is 2.83 bits per heavy atom. The minimum absolute atomic E-state index is 0.389. The molecular weight excluding hydrogens is 150 g/mol. The van der Waals surface area contributed by atoms with Gasteiger partial charge in [0.25, 0.3) is 0 Å². The van der Waals surface area contributed by atoms with E-state index in [1.165, 1.54) is 18.5 Å². The van der Waals surface area contributed by atoms with Crippen molar-refractivity contribution in [2.45, 2.75) is 24.7 Å². The van der Waals surface area contributed by atoms with Gasteiger partial charge >= 0.3 is 0 Å². The third-order valence-corrected chi connectivity index (χ3v) is 2.84. The molecule has 0 unspecified atom stereocenters. The summed E-state index contributed by atoms with van der Waals surface area (Å²) in [5, 5.41) is 0. The molecule has 0 atom stereocenters. The second-order valence-electron chi connectivity index (χ2n) is 3.71. The zero-order chi connectivity index (χ0) is 8.60. The fourth-order valence-corrected chi connectivity index (χ4v) is 1.93. The van der Waals surface area contributed by atoms with E-state index < -0.39 is 0 Å². The highest BCUT2D eigenvalue weighted by atomic mass is 15.0. The molecule has 0 bridgehead atoms. The maximum atomic E-state index is 5.58. The van der Waals surface area contributed by atoms with Crippen molar-refractivity contribution in [2.24, 2.45) is 12.8 Å². The summed E-state index contributed by atoms with van der Waals surface area (Å²) in [6, 6.07) is 0. The van der Waals surface area contributed by atoms with Crippen LogP contribution >= 0.6 is 0 Å². The van der Waals surface area contributed by atoms with Crippen molar-refractivity contribution >= 4 is 0 Å². The Morgan fingerprint density at radius 2 is 2.42 bits per heavy atom. The lowest BCUT2D eigenvalue weighted by atomic mass is 9.99. The number of nitrogens with two attached hydrogens (primary N) is 1. The van der Waals surface area contributed by atoms with Crippen molar-refractivity contribution in [3.63, 3.8) is 0 Å². The van der Waals surface area contributed by atoms with Crippen LogP contribution in [0.1, 0.15) is 25.0 Å². The van der Waals surface area contributed by atoms with Gasteiger partial charge in [0.05, 0.1) is 6.33 Å². The van der Waals surface area contributed by atoms with Gasteiger partial charge in [0.1, 0.15) is 0 Å². The van der Waals surface area contributed by atoms with E-state index in [-0.39, 0.29) is 0 Å². The van der Waals surface area contributed by atoms with Crippen LogP contribution in [0.15, 0.2) is 12.5 Å². The Balaban J connectivity index is 2.24. The summed E-state index contributed by atoms with van der Waals surface area (Å²) in [5.41, 5.74) is 7.32. The van der Waals surface area contributed by atoms with Gasteiger partial charge in [0, 0.05) is 24.4 Å². The average molecular weight is 165 g/mol. The third kappa shape index (κ3) is 1.05. The summed E-state index contributed by atoms with van der Waals surface area (Å²) in [6.07, 6.45) is 7.51. The van der Waals surface area contributed by atoms with Crippen LogP contribution in [-0.2, 0) is 12.5 Å². The molecule has 0 saturated heterocycles. The van der Waals surface area contributed by atoms with E-state index in [0.29, 0.717) is 5.41 Å². The fraction of sp³-hybridized carbons (Fsp3) is 0.667. The van der Waals surface area contributed by atoms with E-state index in [1.54, 1.807) is 0 Å². The molecule has 1 aromatic heterocycles. The molecule has 1 aromatic rings. The molecule has 1 aliphatic carbocycles. The van der Waals surface area contributed by atoms with Crippen molar-refractivity contribution in [1.82, 2.24) is 9.55 Å².